The van der Waals surface area contributed by atoms with Crippen molar-refractivity contribution in [2.75, 3.05) is 0 Å². The minimum Gasteiger partial charge on any atom is -0.443 e. The van der Waals surface area contributed by atoms with Crippen LogP contribution in [0.1, 0.15) is 44.6 Å². The van der Waals surface area contributed by atoms with Crippen LogP contribution in [0.25, 0.3) is 0 Å². The number of hydrogen-bond donors (Lipinski definition) is 1. The van der Waals surface area contributed by atoms with E-state index in [0.717, 1.165) is 31.2 Å². The van der Waals surface area contributed by atoms with Crippen molar-refractivity contribution in [3.05, 3.63) is 35.9 Å². The molecule has 1 saturated carbocycles. The molecule has 1 aromatic carbocycles. The van der Waals surface area contributed by atoms with Gasteiger partial charge in [-0.3, -0.25) is 0 Å². The van der Waals surface area contributed by atoms with Gasteiger partial charge in [-0.1, -0.05) is 43.7 Å². The first kappa shape index (κ1) is 12.9. The molecule has 1 aliphatic rings. The molecule has 98 valence electrons. The van der Waals surface area contributed by atoms with Gasteiger partial charge < -0.3 is 10.1 Å². The molecule has 1 aliphatic carbocycles. The topological polar surface area (TPSA) is 38.3 Å². The number of hydrogen-bond acceptors (Lipinski definition) is 2. The number of alkyl carbamates (subject to hydrolysis) is 1. The number of amides is 1. The monoisotopic (exact) mass is 247 g/mol. The second-order valence-electron chi connectivity index (χ2n) is 5.02. The van der Waals surface area contributed by atoms with Crippen LogP contribution in [-0.4, -0.2) is 11.7 Å². The molecule has 1 N–H and O–H groups in total. The van der Waals surface area contributed by atoms with Crippen molar-refractivity contribution in [1.82, 2.24) is 5.32 Å². The van der Waals surface area contributed by atoms with Crippen LogP contribution in [-0.2, 0) is 11.3 Å². The van der Waals surface area contributed by atoms with E-state index in [1.54, 1.807) is 0 Å². The molecule has 0 radical (unpaired) electrons. The third-order valence-electron chi connectivity index (χ3n) is 3.56. The van der Waals surface area contributed by atoms with Crippen molar-refractivity contribution in [1.29, 1.82) is 0 Å². The molecular weight excluding hydrogens is 226 g/mol. The van der Waals surface area contributed by atoms with Crippen LogP contribution in [0, 0.1) is 0 Å². The molecule has 0 aromatic heterocycles. The molecule has 0 heterocycles. The van der Waals surface area contributed by atoms with E-state index >= 15 is 0 Å². The Balaban J connectivity index is 1.78. The van der Waals surface area contributed by atoms with Crippen LogP contribution in [0.2, 0.25) is 0 Å². The van der Waals surface area contributed by atoms with Crippen molar-refractivity contribution in [3.8, 4) is 0 Å². The van der Waals surface area contributed by atoms with Gasteiger partial charge in [-0.15, -0.1) is 0 Å². The fraction of sp³-hybridized carbons (Fsp3) is 0.533. The molecule has 1 aromatic rings. The number of benzene rings is 1. The summed E-state index contributed by atoms with van der Waals surface area (Å²) in [6.45, 7) is 2.66. The standard InChI is InChI=1S/C15H21NO2/c1-2-9-15(10-6-11-15)18-14(17)16-12-13-7-4-3-5-8-13/h3-5,7-8H,2,6,9-12H2,1H3,(H,16,17). The highest BCUT2D eigenvalue weighted by atomic mass is 16.6. The molecule has 0 unspecified atom stereocenters. The maximum atomic E-state index is 11.8. The fourth-order valence-corrected chi connectivity index (χ4v) is 2.43. The summed E-state index contributed by atoms with van der Waals surface area (Å²) in [4.78, 5) is 11.8. The molecule has 0 aliphatic heterocycles. The van der Waals surface area contributed by atoms with Gasteiger partial charge in [-0.05, 0) is 31.2 Å². The van der Waals surface area contributed by atoms with Crippen molar-refractivity contribution >= 4 is 6.09 Å². The lowest BCUT2D eigenvalue weighted by Gasteiger charge is -2.40. The fourth-order valence-electron chi connectivity index (χ4n) is 2.43. The van der Waals surface area contributed by atoms with E-state index in [1.165, 1.54) is 6.42 Å². The number of nitrogens with one attached hydrogen (secondary N) is 1. The highest BCUT2D eigenvalue weighted by Gasteiger charge is 2.39. The first-order valence-corrected chi connectivity index (χ1v) is 6.75. The quantitative estimate of drug-likeness (QED) is 0.862. The Labute approximate surface area is 109 Å². The van der Waals surface area contributed by atoms with Gasteiger partial charge in [0.1, 0.15) is 5.60 Å². The Kier molecular flexibility index (Phi) is 4.24. The average molecular weight is 247 g/mol. The van der Waals surface area contributed by atoms with Crippen molar-refractivity contribution in [3.63, 3.8) is 0 Å². The molecule has 1 fully saturated rings. The molecular formula is C15H21NO2. The summed E-state index contributed by atoms with van der Waals surface area (Å²) in [5.41, 5.74) is 0.919. The summed E-state index contributed by atoms with van der Waals surface area (Å²) < 4.78 is 5.59. The Morgan fingerprint density at radius 3 is 2.61 bits per heavy atom. The molecule has 3 heteroatoms. The lowest BCUT2D eigenvalue weighted by Crippen LogP contribution is -2.44. The Hall–Kier alpha value is -1.51. The molecule has 18 heavy (non-hydrogen) atoms. The highest BCUT2D eigenvalue weighted by molar-refractivity contribution is 5.67. The van der Waals surface area contributed by atoms with Crippen molar-refractivity contribution in [2.45, 2.75) is 51.2 Å². The van der Waals surface area contributed by atoms with Crippen LogP contribution in [0.4, 0.5) is 4.79 Å². The molecule has 0 atom stereocenters. The number of carbonyl (C=O) groups is 1. The summed E-state index contributed by atoms with van der Waals surface area (Å²) in [6, 6.07) is 9.88. The van der Waals surface area contributed by atoms with E-state index in [-0.39, 0.29) is 11.7 Å². The third kappa shape index (κ3) is 3.25. The summed E-state index contributed by atoms with van der Waals surface area (Å²) in [5, 5.41) is 2.82. The van der Waals surface area contributed by atoms with Crippen LogP contribution in [0.5, 0.6) is 0 Å². The zero-order chi connectivity index (χ0) is 12.8. The molecule has 0 saturated heterocycles. The van der Waals surface area contributed by atoms with Gasteiger partial charge >= 0.3 is 6.09 Å². The highest BCUT2D eigenvalue weighted by Crippen LogP contribution is 2.39. The van der Waals surface area contributed by atoms with Crippen molar-refractivity contribution in [2.24, 2.45) is 0 Å². The Bertz CT molecular complexity index is 385. The van der Waals surface area contributed by atoms with Gasteiger partial charge in [0.2, 0.25) is 0 Å². The van der Waals surface area contributed by atoms with Crippen molar-refractivity contribution < 1.29 is 9.53 Å². The minimum absolute atomic E-state index is 0.171. The lowest BCUT2D eigenvalue weighted by atomic mass is 9.77. The number of carbonyl (C=O) groups excluding carboxylic acids is 1. The predicted molar refractivity (Wildman–Crippen MR) is 71.3 cm³/mol. The predicted octanol–water partition coefficient (Wildman–Crippen LogP) is 3.64. The molecule has 3 nitrogen and oxygen atoms in total. The third-order valence-corrected chi connectivity index (χ3v) is 3.56. The van der Waals surface area contributed by atoms with Gasteiger partial charge in [-0.2, -0.15) is 0 Å². The normalized spacial score (nSPS) is 16.7. The maximum Gasteiger partial charge on any atom is 0.407 e. The first-order chi connectivity index (χ1) is 8.74. The van der Waals surface area contributed by atoms with E-state index in [1.807, 2.05) is 30.3 Å². The average Bonchev–Trinajstić information content (AvgIpc) is 2.35. The Morgan fingerprint density at radius 2 is 2.06 bits per heavy atom. The van der Waals surface area contributed by atoms with E-state index < -0.39 is 0 Å². The molecule has 0 spiro atoms. The number of ether oxygens (including phenoxy) is 1. The number of rotatable bonds is 5. The van der Waals surface area contributed by atoms with Crippen LogP contribution in [0.3, 0.4) is 0 Å². The molecule has 0 bridgehead atoms. The Morgan fingerprint density at radius 1 is 1.33 bits per heavy atom. The van der Waals surface area contributed by atoms with Crippen LogP contribution < -0.4 is 5.32 Å². The molecule has 2 rings (SSSR count). The van der Waals surface area contributed by atoms with E-state index in [2.05, 4.69) is 12.2 Å². The van der Waals surface area contributed by atoms with Gasteiger partial charge in [0.15, 0.2) is 0 Å². The van der Waals surface area contributed by atoms with Gasteiger partial charge in [0.05, 0.1) is 0 Å². The lowest BCUT2D eigenvalue weighted by molar-refractivity contribution is -0.0540. The van der Waals surface area contributed by atoms with E-state index in [9.17, 15) is 4.79 Å². The zero-order valence-corrected chi connectivity index (χ0v) is 10.9. The summed E-state index contributed by atoms with van der Waals surface area (Å²) in [7, 11) is 0. The molecule has 1 amide bonds. The van der Waals surface area contributed by atoms with Crippen LogP contribution in [0.15, 0.2) is 30.3 Å². The SMILES string of the molecule is CCCC1(OC(=O)NCc2ccccc2)CCC1. The van der Waals surface area contributed by atoms with Gasteiger partial charge in [0, 0.05) is 6.54 Å². The first-order valence-electron chi connectivity index (χ1n) is 6.75. The maximum absolute atomic E-state index is 11.8. The second kappa shape index (κ2) is 5.89. The largest absolute Gasteiger partial charge is 0.443 e. The summed E-state index contributed by atoms with van der Waals surface area (Å²) in [5.74, 6) is 0. The second-order valence-corrected chi connectivity index (χ2v) is 5.02. The van der Waals surface area contributed by atoms with E-state index in [0.29, 0.717) is 6.54 Å². The minimum atomic E-state index is -0.285. The van der Waals surface area contributed by atoms with Gasteiger partial charge in [-0.25, -0.2) is 4.79 Å². The zero-order valence-electron chi connectivity index (χ0n) is 10.9. The van der Waals surface area contributed by atoms with E-state index in [4.69, 9.17) is 4.74 Å². The van der Waals surface area contributed by atoms with Gasteiger partial charge in [0.25, 0.3) is 0 Å². The summed E-state index contributed by atoms with van der Waals surface area (Å²) in [6.07, 6.45) is 4.95. The van der Waals surface area contributed by atoms with Crippen LogP contribution >= 0.6 is 0 Å². The summed E-state index contributed by atoms with van der Waals surface area (Å²) >= 11 is 0. The smallest absolute Gasteiger partial charge is 0.407 e.